The monoisotopic (exact) mass is 335 g/mol. The van der Waals surface area contributed by atoms with Crippen molar-refractivity contribution < 1.29 is 9.72 Å². The summed E-state index contributed by atoms with van der Waals surface area (Å²) in [4.78, 5) is 22.9. The molecule has 2 aliphatic rings. The molecule has 2 aromatic rings. The second kappa shape index (κ2) is 5.73. The maximum absolute atomic E-state index is 11.8. The molecular weight excluding hydrogens is 318 g/mol. The minimum atomic E-state index is -0.508. The third-order valence-corrected chi connectivity index (χ3v) is 5.13. The van der Waals surface area contributed by atoms with Crippen LogP contribution in [0.3, 0.4) is 0 Å². The van der Waals surface area contributed by atoms with Crippen molar-refractivity contribution >= 4 is 17.3 Å². The Balaban J connectivity index is 1.88. The quantitative estimate of drug-likeness (QED) is 0.509. The number of nitrogens with zero attached hydrogens (tertiary/aromatic N) is 1. The highest BCUT2D eigenvalue weighted by Crippen LogP contribution is 2.51. The van der Waals surface area contributed by atoms with Gasteiger partial charge in [-0.05, 0) is 24.0 Å². The van der Waals surface area contributed by atoms with Gasteiger partial charge < -0.3 is 11.1 Å². The van der Waals surface area contributed by atoms with Crippen LogP contribution in [0.5, 0.6) is 0 Å². The normalized spacial score (nSPS) is 23.4. The average molecular weight is 335 g/mol. The fraction of sp³-hybridized carbons (Fsp3) is 0.211. The zero-order valence-corrected chi connectivity index (χ0v) is 13.4. The van der Waals surface area contributed by atoms with Crippen LogP contribution in [0.25, 0.3) is 0 Å². The van der Waals surface area contributed by atoms with Crippen LogP contribution in [0.1, 0.15) is 39.9 Å². The van der Waals surface area contributed by atoms with Gasteiger partial charge in [-0.15, -0.1) is 0 Å². The van der Waals surface area contributed by atoms with Crippen molar-refractivity contribution in [3.05, 3.63) is 81.4 Å². The van der Waals surface area contributed by atoms with Gasteiger partial charge in [0.2, 0.25) is 0 Å². The number of allylic oxidation sites excluding steroid dienone is 2. The summed E-state index contributed by atoms with van der Waals surface area (Å²) in [6.07, 6.45) is 5.05. The average Bonchev–Trinajstić information content (AvgIpc) is 3.10. The lowest BCUT2D eigenvalue weighted by Gasteiger charge is -2.38. The number of hydrogen-bond acceptors (Lipinski definition) is 4. The highest BCUT2D eigenvalue weighted by atomic mass is 16.6. The van der Waals surface area contributed by atoms with Crippen molar-refractivity contribution in [2.24, 2.45) is 11.7 Å². The first kappa shape index (κ1) is 15.4. The number of nitro benzene ring substituents is 1. The van der Waals surface area contributed by atoms with E-state index < -0.39 is 5.91 Å². The summed E-state index contributed by atoms with van der Waals surface area (Å²) in [5.41, 5.74) is 8.38. The molecule has 25 heavy (non-hydrogen) atoms. The molecule has 126 valence electrons. The number of benzene rings is 2. The third kappa shape index (κ3) is 2.38. The Labute approximate surface area is 144 Å². The van der Waals surface area contributed by atoms with Crippen molar-refractivity contribution in [3.63, 3.8) is 0 Å². The van der Waals surface area contributed by atoms with Gasteiger partial charge >= 0.3 is 0 Å². The number of nitrogens with one attached hydrogen (secondary N) is 1. The smallest absolute Gasteiger partial charge is 0.274 e. The van der Waals surface area contributed by atoms with Crippen molar-refractivity contribution in [1.82, 2.24) is 0 Å². The van der Waals surface area contributed by atoms with Crippen LogP contribution >= 0.6 is 0 Å². The van der Waals surface area contributed by atoms with Gasteiger partial charge in [-0.25, -0.2) is 0 Å². The van der Waals surface area contributed by atoms with Crippen LogP contribution in [-0.4, -0.2) is 10.8 Å². The molecule has 0 radical (unpaired) electrons. The van der Waals surface area contributed by atoms with Gasteiger partial charge in [-0.1, -0.05) is 42.5 Å². The lowest BCUT2D eigenvalue weighted by Crippen LogP contribution is -2.31. The Morgan fingerprint density at radius 3 is 2.68 bits per heavy atom. The Kier molecular flexibility index (Phi) is 3.53. The third-order valence-electron chi connectivity index (χ3n) is 5.13. The molecule has 1 aliphatic carbocycles. The number of rotatable bonds is 3. The molecule has 1 heterocycles. The first-order chi connectivity index (χ1) is 12.1. The summed E-state index contributed by atoms with van der Waals surface area (Å²) < 4.78 is 0. The van der Waals surface area contributed by atoms with E-state index in [0.717, 1.165) is 12.0 Å². The minimum absolute atomic E-state index is 0.0886. The largest absolute Gasteiger partial charge is 0.377 e. The van der Waals surface area contributed by atoms with Crippen LogP contribution in [0.4, 0.5) is 11.4 Å². The van der Waals surface area contributed by atoms with E-state index in [2.05, 4.69) is 17.5 Å². The molecule has 0 fully saturated rings. The zero-order chi connectivity index (χ0) is 17.6. The number of hydrogen-bond donors (Lipinski definition) is 2. The number of amides is 1. The first-order valence-electron chi connectivity index (χ1n) is 8.17. The Hall–Kier alpha value is -3.15. The molecule has 2 aromatic carbocycles. The molecule has 0 aromatic heterocycles. The number of para-hydroxylation sites is 2. The molecule has 0 bridgehead atoms. The maximum Gasteiger partial charge on any atom is 0.274 e. The van der Waals surface area contributed by atoms with E-state index in [9.17, 15) is 14.9 Å². The Morgan fingerprint density at radius 1 is 1.16 bits per heavy atom. The minimum Gasteiger partial charge on any atom is -0.377 e. The van der Waals surface area contributed by atoms with Crippen molar-refractivity contribution in [2.75, 3.05) is 5.32 Å². The molecule has 4 rings (SSSR count). The van der Waals surface area contributed by atoms with Gasteiger partial charge in [0.15, 0.2) is 0 Å². The van der Waals surface area contributed by atoms with E-state index in [0.29, 0.717) is 16.8 Å². The number of nitro groups is 1. The topological polar surface area (TPSA) is 98.3 Å². The van der Waals surface area contributed by atoms with Gasteiger partial charge in [-0.3, -0.25) is 14.9 Å². The fourth-order valence-electron chi connectivity index (χ4n) is 4.05. The molecule has 0 saturated heterocycles. The van der Waals surface area contributed by atoms with E-state index in [-0.39, 0.29) is 28.5 Å². The van der Waals surface area contributed by atoms with E-state index in [4.69, 9.17) is 5.73 Å². The molecular formula is C19H17N3O3. The Morgan fingerprint density at radius 2 is 1.92 bits per heavy atom. The molecule has 0 saturated carbocycles. The molecule has 0 spiro atoms. The molecule has 6 nitrogen and oxygen atoms in total. The summed E-state index contributed by atoms with van der Waals surface area (Å²) in [6, 6.07) is 12.0. The lowest BCUT2D eigenvalue weighted by molar-refractivity contribution is -0.385. The maximum atomic E-state index is 11.8. The molecule has 1 amide bonds. The molecule has 6 heteroatoms. The van der Waals surface area contributed by atoms with Crippen LogP contribution in [0.15, 0.2) is 54.6 Å². The summed E-state index contributed by atoms with van der Waals surface area (Å²) in [6.45, 7) is 0. The van der Waals surface area contributed by atoms with Gasteiger partial charge in [-0.2, -0.15) is 0 Å². The number of primary amides is 1. The van der Waals surface area contributed by atoms with Crippen LogP contribution < -0.4 is 11.1 Å². The number of anilines is 1. The first-order valence-corrected chi connectivity index (χ1v) is 8.17. The SMILES string of the molecule is NC(=O)c1cccc2c1NC(c1ccccc1[N+](=O)[O-])C1CC=CC21. The molecule has 3 N–H and O–H groups in total. The number of nitrogens with two attached hydrogens (primary N) is 1. The molecule has 3 unspecified atom stereocenters. The van der Waals surface area contributed by atoms with Gasteiger partial charge in [0.25, 0.3) is 11.6 Å². The van der Waals surface area contributed by atoms with Crippen molar-refractivity contribution in [1.29, 1.82) is 0 Å². The second-order valence-electron chi connectivity index (χ2n) is 6.43. The lowest BCUT2D eigenvalue weighted by atomic mass is 9.76. The van der Waals surface area contributed by atoms with E-state index in [1.807, 2.05) is 12.1 Å². The van der Waals surface area contributed by atoms with Crippen molar-refractivity contribution in [2.45, 2.75) is 18.4 Å². The summed E-state index contributed by atoms with van der Waals surface area (Å²) in [7, 11) is 0. The van der Waals surface area contributed by atoms with Crippen LogP contribution in [0.2, 0.25) is 0 Å². The molecule has 3 atom stereocenters. The summed E-state index contributed by atoms with van der Waals surface area (Å²) in [5.74, 6) is -0.233. The van der Waals surface area contributed by atoms with Gasteiger partial charge in [0, 0.05) is 12.0 Å². The zero-order valence-electron chi connectivity index (χ0n) is 13.4. The van der Waals surface area contributed by atoms with Crippen LogP contribution in [0, 0.1) is 16.0 Å². The predicted octanol–water partition coefficient (Wildman–Crippen LogP) is 3.52. The van der Waals surface area contributed by atoms with E-state index in [1.165, 1.54) is 6.07 Å². The van der Waals surface area contributed by atoms with Crippen LogP contribution in [-0.2, 0) is 0 Å². The second-order valence-corrected chi connectivity index (χ2v) is 6.43. The van der Waals surface area contributed by atoms with Crippen molar-refractivity contribution in [3.8, 4) is 0 Å². The highest BCUT2D eigenvalue weighted by molar-refractivity contribution is 5.99. The van der Waals surface area contributed by atoms with Gasteiger partial charge in [0.05, 0.1) is 27.8 Å². The fourth-order valence-corrected chi connectivity index (χ4v) is 4.05. The number of carbonyl (C=O) groups excluding carboxylic acids is 1. The van der Waals surface area contributed by atoms with E-state index >= 15 is 0 Å². The molecule has 1 aliphatic heterocycles. The summed E-state index contributed by atoms with van der Waals surface area (Å²) in [5, 5.41) is 14.8. The summed E-state index contributed by atoms with van der Waals surface area (Å²) >= 11 is 0. The van der Waals surface area contributed by atoms with E-state index in [1.54, 1.807) is 24.3 Å². The number of fused-ring (bicyclic) bond motifs is 3. The standard InChI is InChI=1S/C19H17N3O3/c20-19(23)15-9-4-8-13-11-6-3-7-12(11)17(21-18(13)15)14-5-1-2-10-16(14)22(24)25/h1-6,8-12,17,21H,7H2,(H2,20,23). The number of carbonyl (C=O) groups is 1. The highest BCUT2D eigenvalue weighted by Gasteiger charge is 2.41. The predicted molar refractivity (Wildman–Crippen MR) is 94.4 cm³/mol. The Bertz CT molecular complexity index is 907. The van der Waals surface area contributed by atoms with Gasteiger partial charge in [0.1, 0.15) is 0 Å².